The van der Waals surface area contributed by atoms with Gasteiger partial charge in [0, 0.05) is 66.2 Å². The molecule has 3 heterocycles. The molecule has 0 saturated carbocycles. The summed E-state index contributed by atoms with van der Waals surface area (Å²) in [5, 5.41) is 7.71. The second-order valence-corrected chi connectivity index (χ2v) is 18.0. The summed E-state index contributed by atoms with van der Waals surface area (Å²) >= 11 is 5.66. The molecule has 0 fully saturated rings. The molecule has 0 amide bonds. The fraction of sp³-hybridized carbons (Fsp3) is 0. The summed E-state index contributed by atoms with van der Waals surface area (Å²) < 4.78 is 7.75. The topological polar surface area (TPSA) is 3.24 Å². The van der Waals surface area contributed by atoms with Crippen molar-refractivity contribution in [2.45, 2.75) is 0 Å². The van der Waals surface area contributed by atoms with Crippen molar-refractivity contribution in [1.82, 2.24) is 0 Å². The van der Waals surface area contributed by atoms with Crippen molar-refractivity contribution in [3.8, 4) is 33.4 Å². The second kappa shape index (κ2) is 13.5. The molecule has 4 heteroatoms. The van der Waals surface area contributed by atoms with Gasteiger partial charge in [0.25, 0.3) is 0 Å². The van der Waals surface area contributed by atoms with Crippen LogP contribution in [0.1, 0.15) is 0 Å². The largest absolute Gasteiger partial charge is 0.309 e. The van der Waals surface area contributed by atoms with Gasteiger partial charge in [0.15, 0.2) is 0 Å². The van der Waals surface area contributed by atoms with Gasteiger partial charge < -0.3 is 4.90 Å². The maximum Gasteiger partial charge on any atom is 0.0561 e. The van der Waals surface area contributed by atoms with Gasteiger partial charge in [-0.3, -0.25) is 0 Å². The Morgan fingerprint density at radius 2 is 0.845 bits per heavy atom. The van der Waals surface area contributed by atoms with Crippen molar-refractivity contribution in [2.24, 2.45) is 0 Å². The molecule has 0 bridgehead atoms. The molecule has 0 spiro atoms. The first-order valence-corrected chi connectivity index (χ1v) is 22.0. The molecule has 0 saturated heterocycles. The summed E-state index contributed by atoms with van der Waals surface area (Å²) in [6.45, 7) is 0. The number of fused-ring (bicyclic) bond motifs is 9. The predicted octanol–water partition coefficient (Wildman–Crippen LogP) is 17.3. The highest BCUT2D eigenvalue weighted by Crippen LogP contribution is 2.53. The van der Waals surface area contributed by atoms with Gasteiger partial charge in [0.1, 0.15) is 0 Å². The molecule has 0 unspecified atom stereocenters. The smallest absolute Gasteiger partial charge is 0.0561 e. The van der Waals surface area contributed by atoms with Crippen LogP contribution in [-0.4, -0.2) is 0 Å². The summed E-state index contributed by atoms with van der Waals surface area (Å²) in [7, 11) is 0. The van der Waals surface area contributed by atoms with Crippen LogP contribution < -0.4 is 4.90 Å². The monoisotopic (exact) mass is 791 g/mol. The van der Waals surface area contributed by atoms with Gasteiger partial charge in [0.05, 0.1) is 11.4 Å². The molecular formula is C54H33NS3. The first kappa shape index (κ1) is 33.6. The molecule has 12 aromatic rings. The molecule has 0 radical (unpaired) electrons. The van der Waals surface area contributed by atoms with E-state index >= 15 is 0 Å². The van der Waals surface area contributed by atoms with Crippen LogP contribution >= 0.6 is 34.0 Å². The summed E-state index contributed by atoms with van der Waals surface area (Å²) in [6.07, 6.45) is 0. The highest BCUT2D eigenvalue weighted by atomic mass is 32.1. The lowest BCUT2D eigenvalue weighted by Crippen LogP contribution is -2.11. The number of benzene rings is 9. The van der Waals surface area contributed by atoms with E-state index in [1.807, 2.05) is 34.0 Å². The molecule has 272 valence electrons. The molecule has 0 N–H and O–H groups in total. The standard InChI is InChI=1S/C54H33NS3/c1-4-14-34(15-5-1)37-24-26-44-49(31-37)58-54-40(36-18-8-3-9-19-36)28-29-45(53(44)54)55(39-25-27-42-41-20-10-12-22-47(41)56-50(42)33-39)46-30-38(35-16-6-2-7-17-35)32-51-52(46)43-21-11-13-23-48(43)57-51/h1-33H. The zero-order valence-corrected chi connectivity index (χ0v) is 33.7. The van der Waals surface area contributed by atoms with Crippen LogP contribution in [-0.2, 0) is 0 Å². The Labute approximate surface area is 347 Å². The van der Waals surface area contributed by atoms with Crippen LogP contribution in [0.15, 0.2) is 200 Å². The maximum atomic E-state index is 2.58. The van der Waals surface area contributed by atoms with Crippen LogP contribution in [0.3, 0.4) is 0 Å². The summed E-state index contributed by atoms with van der Waals surface area (Å²) in [4.78, 5) is 2.58. The van der Waals surface area contributed by atoms with Crippen molar-refractivity contribution >= 4 is 112 Å². The number of nitrogens with zero attached hydrogens (tertiary/aromatic N) is 1. The molecule has 12 rings (SSSR count). The summed E-state index contributed by atoms with van der Waals surface area (Å²) in [5.74, 6) is 0. The molecule has 0 atom stereocenters. The minimum Gasteiger partial charge on any atom is -0.309 e. The van der Waals surface area contributed by atoms with Gasteiger partial charge in [-0.2, -0.15) is 0 Å². The van der Waals surface area contributed by atoms with E-state index in [0.29, 0.717) is 0 Å². The normalized spacial score (nSPS) is 11.8. The predicted molar refractivity (Wildman–Crippen MR) is 256 cm³/mol. The Kier molecular flexibility index (Phi) is 7.83. The summed E-state index contributed by atoms with van der Waals surface area (Å²) in [6, 6.07) is 73.9. The highest BCUT2D eigenvalue weighted by molar-refractivity contribution is 7.27. The van der Waals surface area contributed by atoms with Gasteiger partial charge in [-0.15, -0.1) is 34.0 Å². The lowest BCUT2D eigenvalue weighted by atomic mass is 9.97. The molecule has 9 aromatic carbocycles. The average Bonchev–Trinajstić information content (AvgIpc) is 3.98. The summed E-state index contributed by atoms with van der Waals surface area (Å²) in [5.41, 5.74) is 10.9. The molecule has 58 heavy (non-hydrogen) atoms. The fourth-order valence-electron chi connectivity index (χ4n) is 8.77. The third kappa shape index (κ3) is 5.41. The van der Waals surface area contributed by atoms with E-state index in [0.717, 1.165) is 5.69 Å². The zero-order chi connectivity index (χ0) is 38.2. The van der Waals surface area contributed by atoms with Crippen LogP contribution in [0, 0.1) is 0 Å². The van der Waals surface area contributed by atoms with Crippen LogP contribution in [0.4, 0.5) is 17.1 Å². The molecule has 1 nitrogen and oxygen atoms in total. The number of hydrogen-bond donors (Lipinski definition) is 0. The van der Waals surface area contributed by atoms with E-state index < -0.39 is 0 Å². The lowest BCUT2D eigenvalue weighted by Gasteiger charge is -2.28. The Hall–Kier alpha value is -6.56. The lowest BCUT2D eigenvalue weighted by molar-refractivity contribution is 1.33. The van der Waals surface area contributed by atoms with Gasteiger partial charge in [0.2, 0.25) is 0 Å². The van der Waals surface area contributed by atoms with E-state index in [-0.39, 0.29) is 0 Å². The van der Waals surface area contributed by atoms with E-state index in [1.165, 1.54) is 105 Å². The molecule has 0 aliphatic heterocycles. The Balaban J connectivity index is 1.21. The Morgan fingerprint density at radius 3 is 1.60 bits per heavy atom. The van der Waals surface area contributed by atoms with Gasteiger partial charge in [-0.05, 0) is 81.9 Å². The fourth-order valence-corrected chi connectivity index (χ4v) is 12.4. The number of thiophene rings is 3. The molecule has 0 aliphatic rings. The van der Waals surface area contributed by atoms with Crippen molar-refractivity contribution in [2.75, 3.05) is 4.90 Å². The average molecular weight is 792 g/mol. The van der Waals surface area contributed by atoms with Crippen molar-refractivity contribution in [3.05, 3.63) is 200 Å². The second-order valence-electron chi connectivity index (χ2n) is 14.8. The molecular weight excluding hydrogens is 759 g/mol. The minimum absolute atomic E-state index is 1.15. The van der Waals surface area contributed by atoms with Crippen molar-refractivity contribution in [1.29, 1.82) is 0 Å². The van der Waals surface area contributed by atoms with Gasteiger partial charge in [-0.25, -0.2) is 0 Å². The first-order chi connectivity index (χ1) is 28.7. The van der Waals surface area contributed by atoms with E-state index in [2.05, 4.69) is 205 Å². The maximum absolute atomic E-state index is 2.58. The third-order valence-corrected chi connectivity index (χ3v) is 14.9. The number of anilines is 3. The molecule has 3 aromatic heterocycles. The van der Waals surface area contributed by atoms with Crippen LogP contribution in [0.25, 0.3) is 93.9 Å². The quantitative estimate of drug-likeness (QED) is 0.162. The third-order valence-electron chi connectivity index (χ3n) is 11.5. The number of hydrogen-bond acceptors (Lipinski definition) is 4. The number of rotatable bonds is 6. The van der Waals surface area contributed by atoms with Crippen LogP contribution in [0.2, 0.25) is 0 Å². The Morgan fingerprint density at radius 1 is 0.293 bits per heavy atom. The highest BCUT2D eigenvalue weighted by Gasteiger charge is 2.25. The van der Waals surface area contributed by atoms with E-state index in [1.54, 1.807) is 0 Å². The SMILES string of the molecule is c1ccc(-c2ccc3c(c2)sc2c(-c4ccccc4)ccc(N(c4ccc5c(c4)sc4ccccc45)c4cc(-c5ccccc5)cc5sc6ccccc6c45)c23)cc1. The van der Waals surface area contributed by atoms with E-state index in [4.69, 9.17) is 0 Å². The van der Waals surface area contributed by atoms with Crippen LogP contribution in [0.5, 0.6) is 0 Å². The van der Waals surface area contributed by atoms with Gasteiger partial charge in [-0.1, -0.05) is 152 Å². The van der Waals surface area contributed by atoms with Crippen molar-refractivity contribution in [3.63, 3.8) is 0 Å². The van der Waals surface area contributed by atoms with Crippen molar-refractivity contribution < 1.29 is 0 Å². The minimum atomic E-state index is 1.15. The zero-order valence-electron chi connectivity index (χ0n) is 31.2. The Bertz CT molecular complexity index is 3500. The van der Waals surface area contributed by atoms with E-state index in [9.17, 15) is 0 Å². The molecule has 0 aliphatic carbocycles. The first-order valence-electron chi connectivity index (χ1n) is 19.6. The van der Waals surface area contributed by atoms with Gasteiger partial charge >= 0.3 is 0 Å².